The maximum atomic E-state index is 11.0. The van der Waals surface area contributed by atoms with E-state index < -0.39 is 5.97 Å². The fraction of sp³-hybridized carbons (Fsp3) is 0.231. The van der Waals surface area contributed by atoms with Gasteiger partial charge in [-0.1, -0.05) is 15.9 Å². The van der Waals surface area contributed by atoms with Crippen LogP contribution in [0.25, 0.3) is 6.08 Å². The number of esters is 1. The summed E-state index contributed by atoms with van der Waals surface area (Å²) in [7, 11) is 2.78. The molecular weight excluding hydrogens is 314 g/mol. The number of benzene rings is 1. The SMILES string of the molecule is COC(=O)COc1cc(Br)c(/C=C/C#N)cc1OC. The molecule has 0 aliphatic carbocycles. The van der Waals surface area contributed by atoms with E-state index in [2.05, 4.69) is 20.7 Å². The van der Waals surface area contributed by atoms with Crippen molar-refractivity contribution in [2.45, 2.75) is 0 Å². The van der Waals surface area contributed by atoms with Crippen molar-refractivity contribution in [1.29, 1.82) is 5.26 Å². The minimum absolute atomic E-state index is 0.202. The zero-order valence-electron chi connectivity index (χ0n) is 10.5. The number of hydrogen-bond acceptors (Lipinski definition) is 5. The summed E-state index contributed by atoms with van der Waals surface area (Å²) in [5.41, 5.74) is 0.767. The van der Waals surface area contributed by atoms with E-state index in [1.54, 1.807) is 18.2 Å². The van der Waals surface area contributed by atoms with Crippen molar-refractivity contribution in [1.82, 2.24) is 0 Å². The molecule has 0 radical (unpaired) electrons. The molecule has 0 amide bonds. The Kier molecular flexibility index (Phi) is 5.90. The molecule has 6 heteroatoms. The Morgan fingerprint density at radius 2 is 2.16 bits per heavy atom. The Bertz CT molecular complexity index is 534. The molecule has 0 saturated carbocycles. The molecule has 0 aromatic heterocycles. The number of methoxy groups -OCH3 is 2. The maximum Gasteiger partial charge on any atom is 0.343 e. The van der Waals surface area contributed by atoms with E-state index in [1.807, 2.05) is 6.07 Å². The summed E-state index contributed by atoms with van der Waals surface area (Å²) in [6.45, 7) is -0.202. The first-order chi connectivity index (χ1) is 9.12. The van der Waals surface area contributed by atoms with Crippen LogP contribution in [0.1, 0.15) is 5.56 Å². The second-order valence-electron chi connectivity index (χ2n) is 3.35. The van der Waals surface area contributed by atoms with Crippen LogP contribution in [0, 0.1) is 11.3 Å². The highest BCUT2D eigenvalue weighted by Gasteiger charge is 2.11. The number of nitrogens with zero attached hydrogens (tertiary/aromatic N) is 1. The first-order valence-corrected chi connectivity index (χ1v) is 6.05. The lowest BCUT2D eigenvalue weighted by atomic mass is 10.2. The summed E-state index contributed by atoms with van der Waals surface area (Å²) in [5, 5.41) is 8.51. The molecule has 0 heterocycles. The smallest absolute Gasteiger partial charge is 0.343 e. The van der Waals surface area contributed by atoms with Crippen molar-refractivity contribution in [2.75, 3.05) is 20.8 Å². The molecule has 0 spiro atoms. The van der Waals surface area contributed by atoms with Crippen molar-refractivity contribution in [3.8, 4) is 17.6 Å². The Morgan fingerprint density at radius 1 is 1.42 bits per heavy atom. The van der Waals surface area contributed by atoms with E-state index in [-0.39, 0.29) is 6.61 Å². The molecule has 0 N–H and O–H groups in total. The van der Waals surface area contributed by atoms with E-state index in [9.17, 15) is 4.79 Å². The molecule has 0 atom stereocenters. The van der Waals surface area contributed by atoms with Gasteiger partial charge in [-0.25, -0.2) is 4.79 Å². The van der Waals surface area contributed by atoms with Crippen LogP contribution < -0.4 is 9.47 Å². The summed E-state index contributed by atoms with van der Waals surface area (Å²) < 4.78 is 15.7. The Balaban J connectivity index is 3.00. The van der Waals surface area contributed by atoms with Crippen LogP contribution in [-0.4, -0.2) is 26.8 Å². The molecule has 0 aliphatic rings. The molecule has 0 fully saturated rings. The zero-order valence-corrected chi connectivity index (χ0v) is 12.1. The fourth-order valence-corrected chi connectivity index (χ4v) is 1.73. The Hall–Kier alpha value is -2.00. The molecule has 1 aromatic rings. The third-order valence-electron chi connectivity index (χ3n) is 2.19. The number of halogens is 1. The molecule has 5 nitrogen and oxygen atoms in total. The van der Waals surface area contributed by atoms with Crippen LogP contribution in [0.15, 0.2) is 22.7 Å². The molecule has 0 saturated heterocycles. The van der Waals surface area contributed by atoms with E-state index >= 15 is 0 Å². The highest BCUT2D eigenvalue weighted by Crippen LogP contribution is 2.34. The fourth-order valence-electron chi connectivity index (χ4n) is 1.27. The number of carbonyl (C=O) groups excluding carboxylic acids is 1. The molecule has 0 unspecified atom stereocenters. The second-order valence-corrected chi connectivity index (χ2v) is 4.21. The van der Waals surface area contributed by atoms with Crippen LogP contribution >= 0.6 is 15.9 Å². The molecular formula is C13H12BrNO4. The first-order valence-electron chi connectivity index (χ1n) is 5.25. The molecule has 1 aromatic carbocycles. The van der Waals surface area contributed by atoms with Crippen molar-refractivity contribution >= 4 is 28.0 Å². The van der Waals surface area contributed by atoms with Gasteiger partial charge < -0.3 is 14.2 Å². The van der Waals surface area contributed by atoms with Gasteiger partial charge in [0, 0.05) is 10.5 Å². The maximum absolute atomic E-state index is 11.0. The highest BCUT2D eigenvalue weighted by molar-refractivity contribution is 9.10. The van der Waals surface area contributed by atoms with Crippen LogP contribution in [0.4, 0.5) is 0 Å². The lowest BCUT2D eigenvalue weighted by Gasteiger charge is -2.11. The Labute approximate surface area is 119 Å². The van der Waals surface area contributed by atoms with Crippen molar-refractivity contribution in [2.24, 2.45) is 0 Å². The zero-order chi connectivity index (χ0) is 14.3. The minimum Gasteiger partial charge on any atom is -0.493 e. The van der Waals surface area contributed by atoms with Gasteiger partial charge in [-0.3, -0.25) is 0 Å². The van der Waals surface area contributed by atoms with Gasteiger partial charge >= 0.3 is 5.97 Å². The average molecular weight is 326 g/mol. The van der Waals surface area contributed by atoms with Crippen molar-refractivity contribution in [3.63, 3.8) is 0 Å². The van der Waals surface area contributed by atoms with Crippen LogP contribution in [0.2, 0.25) is 0 Å². The molecule has 0 bridgehead atoms. The molecule has 0 aliphatic heterocycles. The highest BCUT2D eigenvalue weighted by atomic mass is 79.9. The predicted molar refractivity (Wildman–Crippen MR) is 72.9 cm³/mol. The molecule has 1 rings (SSSR count). The van der Waals surface area contributed by atoms with Gasteiger partial charge in [0.2, 0.25) is 0 Å². The lowest BCUT2D eigenvalue weighted by molar-refractivity contribution is -0.142. The predicted octanol–water partition coefficient (Wildman–Crippen LogP) is 2.55. The minimum atomic E-state index is -0.480. The van der Waals surface area contributed by atoms with Gasteiger partial charge in [0.1, 0.15) is 0 Å². The normalized spacial score (nSPS) is 10.0. The van der Waals surface area contributed by atoms with Gasteiger partial charge in [0.15, 0.2) is 18.1 Å². The van der Waals surface area contributed by atoms with Crippen LogP contribution in [0.5, 0.6) is 11.5 Å². The number of hydrogen-bond donors (Lipinski definition) is 0. The van der Waals surface area contributed by atoms with E-state index in [0.717, 1.165) is 10.0 Å². The number of nitriles is 1. The number of rotatable bonds is 5. The van der Waals surface area contributed by atoms with Gasteiger partial charge in [-0.15, -0.1) is 0 Å². The summed E-state index contributed by atoms with van der Waals surface area (Å²) in [4.78, 5) is 11.0. The van der Waals surface area contributed by atoms with Gasteiger partial charge in [-0.05, 0) is 23.8 Å². The molecule has 100 valence electrons. The summed E-state index contributed by atoms with van der Waals surface area (Å²) in [6, 6.07) is 5.27. The standard InChI is InChI=1S/C13H12BrNO4/c1-17-11-6-9(4-3-5-15)10(14)7-12(11)19-8-13(16)18-2/h3-4,6-7H,8H2,1-2H3/b4-3+. The topological polar surface area (TPSA) is 68.5 Å². The molecule has 19 heavy (non-hydrogen) atoms. The monoisotopic (exact) mass is 325 g/mol. The van der Waals surface area contributed by atoms with Crippen molar-refractivity contribution in [3.05, 3.63) is 28.2 Å². The second kappa shape index (κ2) is 7.44. The average Bonchev–Trinajstić information content (AvgIpc) is 2.43. The third kappa shape index (κ3) is 4.30. The summed E-state index contributed by atoms with van der Waals surface area (Å²) >= 11 is 3.35. The number of allylic oxidation sites excluding steroid dienone is 1. The summed E-state index contributed by atoms with van der Waals surface area (Å²) in [5.74, 6) is 0.394. The van der Waals surface area contributed by atoms with Gasteiger partial charge in [0.25, 0.3) is 0 Å². The quantitative estimate of drug-likeness (QED) is 0.614. The summed E-state index contributed by atoms with van der Waals surface area (Å²) in [6.07, 6.45) is 2.99. The van der Waals surface area contributed by atoms with E-state index in [4.69, 9.17) is 14.7 Å². The van der Waals surface area contributed by atoms with E-state index in [0.29, 0.717) is 11.5 Å². The number of carbonyl (C=O) groups is 1. The van der Waals surface area contributed by atoms with Crippen LogP contribution in [0.3, 0.4) is 0 Å². The Morgan fingerprint density at radius 3 is 2.74 bits per heavy atom. The lowest BCUT2D eigenvalue weighted by Crippen LogP contribution is -2.13. The van der Waals surface area contributed by atoms with Crippen molar-refractivity contribution < 1.29 is 19.0 Å². The van der Waals surface area contributed by atoms with Gasteiger partial charge in [-0.2, -0.15) is 5.26 Å². The third-order valence-corrected chi connectivity index (χ3v) is 2.88. The largest absolute Gasteiger partial charge is 0.493 e. The van der Waals surface area contributed by atoms with Crippen LogP contribution in [-0.2, 0) is 9.53 Å². The first kappa shape index (κ1) is 15.1. The van der Waals surface area contributed by atoms with Gasteiger partial charge in [0.05, 0.1) is 20.3 Å². The van der Waals surface area contributed by atoms with E-state index in [1.165, 1.54) is 20.3 Å². The number of ether oxygens (including phenoxy) is 3.